The summed E-state index contributed by atoms with van der Waals surface area (Å²) in [6.45, 7) is 1.27. The van der Waals surface area contributed by atoms with Crippen LogP contribution in [-0.4, -0.2) is 88.3 Å². The molecule has 1 aliphatic heterocycles. The Bertz CT molecular complexity index is 1160. The number of sulfonamides is 1. The summed E-state index contributed by atoms with van der Waals surface area (Å²) in [6, 6.07) is 0. The molecular weight excluding hydrogens is 416 g/mol. The molecule has 1 aliphatic rings. The van der Waals surface area contributed by atoms with Gasteiger partial charge in [-0.05, 0) is 0 Å². The largest absolute Gasteiger partial charge is 0.384 e. The maximum atomic E-state index is 12.5. The maximum absolute atomic E-state index is 12.5. The van der Waals surface area contributed by atoms with Gasteiger partial charge in [0, 0.05) is 60.2 Å². The van der Waals surface area contributed by atoms with E-state index >= 15 is 0 Å². The van der Waals surface area contributed by atoms with Crippen LogP contribution in [0, 0.1) is 0 Å². The second kappa shape index (κ2) is 8.70. The molecule has 166 valence electrons. The number of hydrogen-bond acceptors (Lipinski definition) is 7. The molecule has 0 unspecified atom stereocenters. The number of imidazole rings is 1. The standard InChI is InChI=1S/C17H26N6O6S/c1-20-15-14(16(25)21(2)17(20)26)18-12(19-15)4-5-13(24)22-6-8-23(9-7-22)30(27,28)11-10-29-3/h4-11H2,1-3H3,(H,18,19). The molecule has 0 saturated carbocycles. The van der Waals surface area contributed by atoms with Gasteiger partial charge in [0.2, 0.25) is 15.9 Å². The second-order valence-corrected chi connectivity index (χ2v) is 9.26. The molecule has 0 spiro atoms. The number of H-pyrrole nitrogens is 1. The number of methoxy groups -OCH3 is 1. The number of carbonyl (C=O) groups excluding carboxylic acids is 1. The minimum Gasteiger partial charge on any atom is -0.384 e. The van der Waals surface area contributed by atoms with Crippen molar-refractivity contribution in [3.8, 4) is 0 Å². The van der Waals surface area contributed by atoms with E-state index in [1.54, 1.807) is 4.90 Å². The zero-order valence-corrected chi connectivity index (χ0v) is 18.1. The molecule has 2 aromatic heterocycles. The first-order valence-electron chi connectivity index (χ1n) is 9.55. The summed E-state index contributed by atoms with van der Waals surface area (Å²) in [6.07, 6.45) is 0.432. The van der Waals surface area contributed by atoms with Crippen LogP contribution in [0.4, 0.5) is 0 Å². The Balaban J connectivity index is 1.61. The van der Waals surface area contributed by atoms with E-state index in [9.17, 15) is 22.8 Å². The number of nitrogens with one attached hydrogen (secondary N) is 1. The molecule has 3 rings (SSSR count). The monoisotopic (exact) mass is 442 g/mol. The van der Waals surface area contributed by atoms with Crippen molar-refractivity contribution in [1.29, 1.82) is 0 Å². The van der Waals surface area contributed by atoms with Crippen LogP contribution < -0.4 is 11.2 Å². The van der Waals surface area contributed by atoms with Crippen LogP contribution in [0.1, 0.15) is 12.2 Å². The van der Waals surface area contributed by atoms with E-state index in [4.69, 9.17) is 4.74 Å². The fourth-order valence-corrected chi connectivity index (χ4v) is 4.76. The van der Waals surface area contributed by atoms with Crippen LogP contribution in [0.2, 0.25) is 0 Å². The first-order valence-corrected chi connectivity index (χ1v) is 11.2. The third-order valence-corrected chi connectivity index (χ3v) is 7.08. The molecular formula is C17H26N6O6S. The highest BCUT2D eigenvalue weighted by molar-refractivity contribution is 7.89. The second-order valence-electron chi connectivity index (χ2n) is 7.18. The molecule has 0 bridgehead atoms. The summed E-state index contributed by atoms with van der Waals surface area (Å²) in [4.78, 5) is 45.6. The molecule has 0 aliphatic carbocycles. The van der Waals surface area contributed by atoms with Gasteiger partial charge in [0.25, 0.3) is 5.56 Å². The fourth-order valence-electron chi connectivity index (χ4n) is 3.41. The van der Waals surface area contributed by atoms with Crippen molar-refractivity contribution in [2.45, 2.75) is 12.8 Å². The summed E-state index contributed by atoms with van der Waals surface area (Å²) >= 11 is 0. The quantitative estimate of drug-likeness (QED) is 0.524. The molecule has 0 radical (unpaired) electrons. The summed E-state index contributed by atoms with van der Waals surface area (Å²) in [5.41, 5.74) is -0.471. The minimum atomic E-state index is -3.38. The zero-order chi connectivity index (χ0) is 22.1. The molecule has 1 fully saturated rings. The van der Waals surface area contributed by atoms with Crippen LogP contribution in [0.15, 0.2) is 9.59 Å². The zero-order valence-electron chi connectivity index (χ0n) is 17.3. The molecule has 2 aromatic rings. The third-order valence-electron chi connectivity index (χ3n) is 5.25. The van der Waals surface area contributed by atoms with Gasteiger partial charge in [-0.25, -0.2) is 18.2 Å². The molecule has 1 amide bonds. The van der Waals surface area contributed by atoms with Crippen molar-refractivity contribution in [3.63, 3.8) is 0 Å². The highest BCUT2D eigenvalue weighted by Gasteiger charge is 2.28. The molecule has 0 aromatic carbocycles. The molecule has 1 saturated heterocycles. The van der Waals surface area contributed by atoms with E-state index in [1.807, 2.05) is 0 Å². The van der Waals surface area contributed by atoms with Gasteiger partial charge in [0.15, 0.2) is 5.65 Å². The van der Waals surface area contributed by atoms with Gasteiger partial charge in [-0.15, -0.1) is 0 Å². The SMILES string of the molecule is COCCS(=O)(=O)N1CCN(C(=O)CCc2nc3c([nH]2)c(=O)n(C)c(=O)n3C)CC1. The molecule has 13 heteroatoms. The van der Waals surface area contributed by atoms with Crippen molar-refractivity contribution in [1.82, 2.24) is 28.3 Å². The van der Waals surface area contributed by atoms with E-state index in [0.29, 0.717) is 18.9 Å². The van der Waals surface area contributed by atoms with Gasteiger partial charge < -0.3 is 14.6 Å². The number of hydrogen-bond donors (Lipinski definition) is 1. The predicted molar refractivity (Wildman–Crippen MR) is 109 cm³/mol. The number of carbonyl (C=O) groups is 1. The Hall–Kier alpha value is -2.51. The number of piperazine rings is 1. The highest BCUT2D eigenvalue weighted by atomic mass is 32.2. The molecule has 30 heavy (non-hydrogen) atoms. The number of nitrogens with zero attached hydrogens (tertiary/aromatic N) is 5. The first kappa shape index (κ1) is 22.2. The molecule has 0 atom stereocenters. The average molecular weight is 442 g/mol. The number of aromatic nitrogens is 4. The van der Waals surface area contributed by atoms with Crippen molar-refractivity contribution in [3.05, 3.63) is 26.7 Å². The minimum absolute atomic E-state index is 0.0779. The van der Waals surface area contributed by atoms with Crippen LogP contribution in [0.3, 0.4) is 0 Å². The summed E-state index contributed by atoms with van der Waals surface area (Å²) in [5.74, 6) is 0.245. The van der Waals surface area contributed by atoms with Crippen molar-refractivity contribution in [2.24, 2.45) is 14.1 Å². The highest BCUT2D eigenvalue weighted by Crippen LogP contribution is 2.11. The van der Waals surface area contributed by atoms with Crippen LogP contribution in [-0.2, 0) is 40.1 Å². The number of fused-ring (bicyclic) bond motifs is 1. The Kier molecular flexibility index (Phi) is 6.43. The molecule has 3 heterocycles. The lowest BCUT2D eigenvalue weighted by Gasteiger charge is -2.34. The number of aryl methyl sites for hydroxylation is 2. The number of ether oxygens (including phenoxy) is 1. The van der Waals surface area contributed by atoms with E-state index in [1.165, 1.54) is 30.1 Å². The van der Waals surface area contributed by atoms with E-state index in [-0.39, 0.29) is 55.4 Å². The molecule has 1 N–H and O–H groups in total. The Morgan fingerprint density at radius 3 is 2.43 bits per heavy atom. The van der Waals surface area contributed by atoms with Crippen molar-refractivity contribution < 1.29 is 17.9 Å². The Morgan fingerprint density at radius 1 is 1.13 bits per heavy atom. The maximum Gasteiger partial charge on any atom is 0.332 e. The Labute approximate surface area is 173 Å². The van der Waals surface area contributed by atoms with Crippen LogP contribution >= 0.6 is 0 Å². The third kappa shape index (κ3) is 4.32. The normalized spacial score (nSPS) is 15.8. The van der Waals surface area contributed by atoms with Gasteiger partial charge >= 0.3 is 5.69 Å². The van der Waals surface area contributed by atoms with Gasteiger partial charge in [-0.3, -0.25) is 18.7 Å². The average Bonchev–Trinajstić information content (AvgIpc) is 3.18. The fraction of sp³-hybridized carbons (Fsp3) is 0.647. The number of amides is 1. The first-order chi connectivity index (χ1) is 14.2. The van der Waals surface area contributed by atoms with E-state index < -0.39 is 21.3 Å². The Morgan fingerprint density at radius 2 is 1.80 bits per heavy atom. The number of aromatic amines is 1. The van der Waals surface area contributed by atoms with Gasteiger partial charge in [-0.2, -0.15) is 4.31 Å². The lowest BCUT2D eigenvalue weighted by Crippen LogP contribution is -2.51. The van der Waals surface area contributed by atoms with E-state index in [2.05, 4.69) is 9.97 Å². The smallest absolute Gasteiger partial charge is 0.332 e. The van der Waals surface area contributed by atoms with Crippen LogP contribution in [0.5, 0.6) is 0 Å². The summed E-state index contributed by atoms with van der Waals surface area (Å²) in [5, 5.41) is 0. The predicted octanol–water partition coefficient (Wildman–Crippen LogP) is -1.99. The van der Waals surface area contributed by atoms with E-state index in [0.717, 1.165) is 4.57 Å². The lowest BCUT2D eigenvalue weighted by atomic mass is 10.2. The lowest BCUT2D eigenvalue weighted by molar-refractivity contribution is -0.132. The number of rotatable bonds is 7. The summed E-state index contributed by atoms with van der Waals surface area (Å²) < 4.78 is 32.9. The van der Waals surface area contributed by atoms with Crippen molar-refractivity contribution in [2.75, 3.05) is 45.6 Å². The van der Waals surface area contributed by atoms with Gasteiger partial charge in [0.05, 0.1) is 12.4 Å². The van der Waals surface area contributed by atoms with Gasteiger partial charge in [-0.1, -0.05) is 0 Å². The topological polar surface area (TPSA) is 140 Å². The molecule has 12 nitrogen and oxygen atoms in total. The summed E-state index contributed by atoms with van der Waals surface area (Å²) in [7, 11) is 0.986. The van der Waals surface area contributed by atoms with Gasteiger partial charge in [0.1, 0.15) is 11.3 Å². The van der Waals surface area contributed by atoms with Crippen molar-refractivity contribution >= 4 is 27.1 Å². The van der Waals surface area contributed by atoms with Crippen LogP contribution in [0.25, 0.3) is 11.2 Å².